The SMILES string of the molecule is CN(C)C(C[C@H](Oc1cccc2ccccc12)c1cccs1)OS(=O)(=O)c1ccccc1. The normalized spacial score (nSPS) is 13.8. The second-order valence-electron chi connectivity index (χ2n) is 7.62. The lowest BCUT2D eigenvalue weighted by atomic mass is 10.1. The van der Waals surface area contributed by atoms with Crippen molar-refractivity contribution in [3.8, 4) is 5.75 Å². The molecule has 0 saturated carbocycles. The molecule has 3 aromatic carbocycles. The molecule has 0 aliphatic rings. The van der Waals surface area contributed by atoms with Gasteiger partial charge in [-0.05, 0) is 49.1 Å². The molecule has 32 heavy (non-hydrogen) atoms. The van der Waals surface area contributed by atoms with Crippen LogP contribution in [0.15, 0.2) is 95.2 Å². The Hall–Kier alpha value is -2.71. The van der Waals surface area contributed by atoms with Gasteiger partial charge in [-0.2, -0.15) is 8.42 Å². The Labute approximate surface area is 193 Å². The average molecular weight is 468 g/mol. The van der Waals surface area contributed by atoms with E-state index in [-0.39, 0.29) is 11.0 Å². The second-order valence-corrected chi connectivity index (χ2v) is 10.2. The first-order chi connectivity index (χ1) is 15.4. The second kappa shape index (κ2) is 9.83. The zero-order valence-electron chi connectivity index (χ0n) is 17.9. The van der Waals surface area contributed by atoms with Crippen LogP contribution < -0.4 is 4.74 Å². The smallest absolute Gasteiger partial charge is 0.298 e. The highest BCUT2D eigenvalue weighted by Gasteiger charge is 2.28. The summed E-state index contributed by atoms with van der Waals surface area (Å²) in [5, 5.41) is 4.08. The van der Waals surface area contributed by atoms with Gasteiger partial charge in [-0.3, -0.25) is 4.90 Å². The lowest BCUT2D eigenvalue weighted by Crippen LogP contribution is -2.35. The molecule has 4 aromatic rings. The zero-order valence-corrected chi connectivity index (χ0v) is 19.6. The molecule has 0 saturated heterocycles. The van der Waals surface area contributed by atoms with Crippen molar-refractivity contribution in [3.05, 3.63) is 95.2 Å². The van der Waals surface area contributed by atoms with Crippen molar-refractivity contribution in [1.29, 1.82) is 0 Å². The van der Waals surface area contributed by atoms with Gasteiger partial charge in [0.2, 0.25) is 0 Å². The highest BCUT2D eigenvalue weighted by Crippen LogP contribution is 2.34. The summed E-state index contributed by atoms with van der Waals surface area (Å²) in [6.07, 6.45) is -0.746. The van der Waals surface area contributed by atoms with Gasteiger partial charge in [-0.25, -0.2) is 4.18 Å². The van der Waals surface area contributed by atoms with Gasteiger partial charge < -0.3 is 4.74 Å². The summed E-state index contributed by atoms with van der Waals surface area (Å²) in [4.78, 5) is 2.90. The maximum atomic E-state index is 12.9. The average Bonchev–Trinajstić information content (AvgIpc) is 3.33. The predicted octanol–water partition coefficient (Wildman–Crippen LogP) is 5.70. The van der Waals surface area contributed by atoms with Crippen molar-refractivity contribution in [3.63, 3.8) is 0 Å². The molecule has 0 N–H and O–H groups in total. The molecule has 0 bridgehead atoms. The summed E-state index contributed by atoms with van der Waals surface area (Å²) < 4.78 is 37.9. The zero-order chi connectivity index (χ0) is 22.6. The summed E-state index contributed by atoms with van der Waals surface area (Å²) in [6, 6.07) is 26.1. The fourth-order valence-electron chi connectivity index (χ4n) is 3.46. The van der Waals surface area contributed by atoms with Gasteiger partial charge in [0.15, 0.2) is 0 Å². The van der Waals surface area contributed by atoms with E-state index in [0.29, 0.717) is 6.42 Å². The molecule has 0 radical (unpaired) electrons. The summed E-state index contributed by atoms with van der Waals surface area (Å²) in [5.41, 5.74) is 0. The third kappa shape index (κ3) is 5.19. The molecule has 0 aliphatic carbocycles. The van der Waals surface area contributed by atoms with E-state index in [1.165, 1.54) is 12.1 Å². The molecule has 5 nitrogen and oxygen atoms in total. The first kappa shape index (κ1) is 22.5. The van der Waals surface area contributed by atoms with E-state index in [2.05, 4.69) is 0 Å². The van der Waals surface area contributed by atoms with Gasteiger partial charge >= 0.3 is 0 Å². The molecule has 0 aliphatic heterocycles. The van der Waals surface area contributed by atoms with Crippen LogP contribution in [0.5, 0.6) is 5.75 Å². The molecule has 1 unspecified atom stereocenters. The van der Waals surface area contributed by atoms with E-state index < -0.39 is 16.3 Å². The third-order valence-corrected chi connectivity index (χ3v) is 7.43. The summed E-state index contributed by atoms with van der Waals surface area (Å²) in [6.45, 7) is 0. The maximum Gasteiger partial charge on any atom is 0.298 e. The minimum atomic E-state index is -3.92. The lowest BCUT2D eigenvalue weighted by molar-refractivity contribution is 0.0270. The summed E-state index contributed by atoms with van der Waals surface area (Å²) in [7, 11) is -0.320. The predicted molar refractivity (Wildman–Crippen MR) is 128 cm³/mol. The lowest BCUT2D eigenvalue weighted by Gasteiger charge is -2.28. The molecule has 1 heterocycles. The molecule has 2 atom stereocenters. The Kier molecular flexibility index (Phi) is 6.91. The molecule has 166 valence electrons. The minimum absolute atomic E-state index is 0.134. The van der Waals surface area contributed by atoms with Crippen molar-refractivity contribution in [2.75, 3.05) is 14.1 Å². The Morgan fingerprint density at radius 1 is 0.875 bits per heavy atom. The van der Waals surface area contributed by atoms with E-state index in [0.717, 1.165) is 21.4 Å². The van der Waals surface area contributed by atoms with Crippen molar-refractivity contribution in [2.24, 2.45) is 0 Å². The molecule has 1 aromatic heterocycles. The number of rotatable bonds is 9. The van der Waals surface area contributed by atoms with Crippen molar-refractivity contribution in [1.82, 2.24) is 4.90 Å². The van der Waals surface area contributed by atoms with Crippen LogP contribution >= 0.6 is 11.3 Å². The van der Waals surface area contributed by atoms with E-state index in [4.69, 9.17) is 8.92 Å². The molecule has 0 fully saturated rings. The van der Waals surface area contributed by atoms with Gasteiger partial charge in [-0.15, -0.1) is 11.3 Å². The first-order valence-corrected chi connectivity index (χ1v) is 12.6. The van der Waals surface area contributed by atoms with Crippen molar-refractivity contribution in [2.45, 2.75) is 23.6 Å². The third-order valence-electron chi connectivity index (χ3n) is 5.14. The Morgan fingerprint density at radius 3 is 2.31 bits per heavy atom. The largest absolute Gasteiger partial charge is 0.484 e. The van der Waals surface area contributed by atoms with Gasteiger partial charge in [0.1, 0.15) is 18.1 Å². The van der Waals surface area contributed by atoms with E-state index >= 15 is 0 Å². The van der Waals surface area contributed by atoms with Crippen LogP contribution in [-0.2, 0) is 14.3 Å². The fraction of sp³-hybridized carbons (Fsp3) is 0.200. The quantitative estimate of drug-likeness (QED) is 0.233. The number of fused-ring (bicyclic) bond motifs is 1. The molecular weight excluding hydrogens is 442 g/mol. The number of benzene rings is 3. The maximum absolute atomic E-state index is 12.9. The molecule has 0 amide bonds. The number of thiophene rings is 1. The Balaban J connectivity index is 1.63. The number of hydrogen-bond donors (Lipinski definition) is 0. The number of nitrogens with zero attached hydrogens (tertiary/aromatic N) is 1. The Morgan fingerprint density at radius 2 is 1.59 bits per heavy atom. The molecule has 0 spiro atoms. The van der Waals surface area contributed by atoms with E-state index in [9.17, 15) is 8.42 Å². The van der Waals surface area contributed by atoms with Gasteiger partial charge in [-0.1, -0.05) is 60.7 Å². The summed E-state index contributed by atoms with van der Waals surface area (Å²) in [5.74, 6) is 0.755. The highest BCUT2D eigenvalue weighted by molar-refractivity contribution is 7.86. The van der Waals surface area contributed by atoms with Gasteiger partial charge in [0.05, 0.1) is 4.90 Å². The minimum Gasteiger partial charge on any atom is -0.484 e. The monoisotopic (exact) mass is 467 g/mol. The number of ether oxygens (including phenoxy) is 1. The topological polar surface area (TPSA) is 55.8 Å². The highest BCUT2D eigenvalue weighted by atomic mass is 32.2. The van der Waals surface area contributed by atoms with Gasteiger partial charge in [0, 0.05) is 16.7 Å². The molecule has 7 heteroatoms. The van der Waals surface area contributed by atoms with Crippen LogP contribution in [0.3, 0.4) is 0 Å². The van der Waals surface area contributed by atoms with Crippen LogP contribution in [-0.4, -0.2) is 33.6 Å². The van der Waals surface area contributed by atoms with Crippen LogP contribution in [0.25, 0.3) is 10.8 Å². The standard InChI is InChI=1S/C25H25NO4S2/c1-26(2)25(30-32(27,28)20-12-4-3-5-13-20)18-23(24-16-9-17-31-24)29-22-15-8-11-19-10-6-7-14-21(19)22/h3-17,23,25H,18H2,1-2H3/t23-,25?/m0/s1. The van der Waals surface area contributed by atoms with Crippen LogP contribution in [0.4, 0.5) is 0 Å². The van der Waals surface area contributed by atoms with Crippen LogP contribution in [0.1, 0.15) is 17.4 Å². The van der Waals surface area contributed by atoms with E-state index in [1.807, 2.05) is 60.0 Å². The van der Waals surface area contributed by atoms with Crippen molar-refractivity contribution >= 4 is 32.2 Å². The van der Waals surface area contributed by atoms with E-state index in [1.54, 1.807) is 48.5 Å². The number of hydrogen-bond acceptors (Lipinski definition) is 6. The van der Waals surface area contributed by atoms with Crippen LogP contribution in [0, 0.1) is 0 Å². The summed E-state index contributed by atoms with van der Waals surface area (Å²) >= 11 is 1.58. The fourth-order valence-corrected chi connectivity index (χ4v) is 5.37. The molecule has 4 rings (SSSR count). The van der Waals surface area contributed by atoms with Crippen LogP contribution in [0.2, 0.25) is 0 Å². The molecular formula is C25H25NO4S2. The first-order valence-electron chi connectivity index (χ1n) is 10.3. The van der Waals surface area contributed by atoms with Crippen molar-refractivity contribution < 1.29 is 17.3 Å². The Bertz CT molecular complexity index is 1250. The van der Waals surface area contributed by atoms with Gasteiger partial charge in [0.25, 0.3) is 10.1 Å².